The lowest BCUT2D eigenvalue weighted by Gasteiger charge is -2.47. The molecule has 0 saturated carbocycles. The Balaban J connectivity index is 2.67. The van der Waals surface area contributed by atoms with Crippen LogP contribution in [0.25, 0.3) is 0 Å². The molecule has 0 aliphatic carbocycles. The Morgan fingerprint density at radius 2 is 1.41 bits per heavy atom. The van der Waals surface area contributed by atoms with Crippen LogP contribution in [-0.4, -0.2) is 11.1 Å². The van der Waals surface area contributed by atoms with Crippen molar-refractivity contribution in [3.8, 4) is 0 Å². The maximum Gasteiger partial charge on any atom is 0.0132 e. The van der Waals surface area contributed by atoms with E-state index in [1.807, 2.05) is 0 Å². The molecular weight excluding hydrogens is 266 g/mol. The lowest BCUT2D eigenvalue weighted by molar-refractivity contribution is 0.124. The van der Waals surface area contributed by atoms with E-state index in [0.29, 0.717) is 5.41 Å². The minimum Gasteiger partial charge on any atom is -0.307 e. The molecule has 1 heterocycles. The number of hydrogen-bond acceptors (Lipinski definition) is 1. The highest BCUT2D eigenvalue weighted by Crippen LogP contribution is 2.42. The second-order valence-electron chi connectivity index (χ2n) is 10.9. The number of nitrogens with one attached hydrogen (secondary N) is 1. The molecule has 0 aromatic heterocycles. The molecule has 0 amide bonds. The van der Waals surface area contributed by atoms with Gasteiger partial charge in [0.1, 0.15) is 0 Å². The first-order chi connectivity index (χ1) is 9.62. The van der Waals surface area contributed by atoms with E-state index in [-0.39, 0.29) is 16.5 Å². The average Bonchev–Trinajstić information content (AvgIpc) is 2.20. The minimum atomic E-state index is 0.238. The van der Waals surface area contributed by atoms with Crippen LogP contribution in [0, 0.1) is 16.7 Å². The monoisotopic (exact) mass is 307 g/mol. The van der Waals surface area contributed by atoms with E-state index >= 15 is 0 Å². The highest BCUT2D eigenvalue weighted by atomic mass is 15.0. The van der Waals surface area contributed by atoms with E-state index in [0.717, 1.165) is 5.92 Å². The Morgan fingerprint density at radius 3 is 1.82 bits per heavy atom. The summed E-state index contributed by atoms with van der Waals surface area (Å²) in [5, 5.41) is 3.79. The summed E-state index contributed by atoms with van der Waals surface area (Å²) in [6, 6.07) is 0. The van der Waals surface area contributed by atoms with Gasteiger partial charge in [0.2, 0.25) is 0 Å². The third-order valence-corrected chi connectivity index (χ3v) is 5.27. The Labute approximate surface area is 140 Å². The van der Waals surface area contributed by atoms with Gasteiger partial charge in [0.25, 0.3) is 0 Å². The molecule has 0 aromatic rings. The highest BCUT2D eigenvalue weighted by Gasteiger charge is 2.38. The van der Waals surface area contributed by atoms with Gasteiger partial charge in [-0.05, 0) is 76.5 Å². The third-order valence-electron chi connectivity index (χ3n) is 5.27. The quantitative estimate of drug-likeness (QED) is 0.584. The zero-order chi connectivity index (χ0) is 17.4. The number of hydrogen-bond donors (Lipinski definition) is 1. The summed E-state index contributed by atoms with van der Waals surface area (Å²) in [7, 11) is 0. The molecule has 1 aliphatic rings. The molecule has 1 aliphatic heterocycles. The van der Waals surface area contributed by atoms with Crippen molar-refractivity contribution >= 4 is 0 Å². The van der Waals surface area contributed by atoms with Crippen molar-refractivity contribution in [3.05, 3.63) is 12.2 Å². The third kappa shape index (κ3) is 6.44. The van der Waals surface area contributed by atoms with Gasteiger partial charge in [-0.2, -0.15) is 0 Å². The van der Waals surface area contributed by atoms with Gasteiger partial charge in [0.15, 0.2) is 0 Å². The van der Waals surface area contributed by atoms with Gasteiger partial charge < -0.3 is 5.32 Å². The summed E-state index contributed by atoms with van der Waals surface area (Å²) in [6.07, 6.45) is 6.20. The molecule has 0 radical (unpaired) electrons. The lowest BCUT2D eigenvalue weighted by Crippen LogP contribution is -2.57. The largest absolute Gasteiger partial charge is 0.307 e. The van der Waals surface area contributed by atoms with E-state index in [4.69, 9.17) is 0 Å². The summed E-state index contributed by atoms with van der Waals surface area (Å²) in [4.78, 5) is 0. The molecule has 0 aromatic carbocycles. The lowest BCUT2D eigenvalue weighted by atomic mass is 9.69. The van der Waals surface area contributed by atoms with E-state index in [2.05, 4.69) is 74.2 Å². The van der Waals surface area contributed by atoms with Gasteiger partial charge in [0.05, 0.1) is 0 Å². The van der Waals surface area contributed by atoms with Crippen LogP contribution in [0.1, 0.15) is 94.4 Å². The van der Waals surface area contributed by atoms with E-state index < -0.39 is 0 Å². The molecule has 1 nitrogen and oxygen atoms in total. The fraction of sp³-hybridized carbons (Fsp3) is 0.905. The Bertz CT molecular complexity index is 377. The normalized spacial score (nSPS) is 22.6. The molecule has 0 unspecified atom stereocenters. The molecular formula is C21H41N. The van der Waals surface area contributed by atoms with Crippen LogP contribution in [0.5, 0.6) is 0 Å². The fourth-order valence-corrected chi connectivity index (χ4v) is 4.17. The molecule has 1 N–H and O–H groups in total. The molecule has 1 rings (SSSR count). The van der Waals surface area contributed by atoms with E-state index in [1.165, 1.54) is 37.7 Å². The Hall–Kier alpha value is -0.300. The van der Waals surface area contributed by atoms with Crippen molar-refractivity contribution in [1.82, 2.24) is 5.32 Å². The molecule has 1 heteroatoms. The first kappa shape index (κ1) is 19.7. The number of piperidine rings is 1. The van der Waals surface area contributed by atoms with Crippen molar-refractivity contribution in [1.29, 1.82) is 0 Å². The van der Waals surface area contributed by atoms with Gasteiger partial charge in [-0.3, -0.25) is 0 Å². The zero-order valence-electron chi connectivity index (χ0n) is 16.8. The predicted octanol–water partition coefficient (Wildman–Crippen LogP) is 6.34. The maximum absolute atomic E-state index is 4.50. The van der Waals surface area contributed by atoms with E-state index in [9.17, 15) is 0 Å². The highest BCUT2D eigenvalue weighted by molar-refractivity contribution is 5.10. The maximum atomic E-state index is 4.50. The summed E-state index contributed by atoms with van der Waals surface area (Å²) >= 11 is 0. The van der Waals surface area contributed by atoms with Crippen LogP contribution >= 0.6 is 0 Å². The second kappa shape index (κ2) is 6.30. The zero-order valence-corrected chi connectivity index (χ0v) is 16.8. The van der Waals surface area contributed by atoms with Gasteiger partial charge in [-0.1, -0.05) is 46.8 Å². The SMILES string of the molecule is C=C(CC1CC(C)(C)NC(C)(C)C1)C(C)(C)CCC(C)(C)C. The summed E-state index contributed by atoms with van der Waals surface area (Å²) in [5.74, 6) is 0.757. The first-order valence-electron chi connectivity index (χ1n) is 9.10. The van der Waals surface area contributed by atoms with Crippen LogP contribution < -0.4 is 5.32 Å². The molecule has 1 fully saturated rings. The minimum absolute atomic E-state index is 0.238. The van der Waals surface area contributed by atoms with Crippen LogP contribution in [-0.2, 0) is 0 Å². The van der Waals surface area contributed by atoms with Crippen molar-refractivity contribution in [2.24, 2.45) is 16.7 Å². The number of rotatable bonds is 5. The second-order valence-corrected chi connectivity index (χ2v) is 10.9. The molecule has 0 bridgehead atoms. The van der Waals surface area contributed by atoms with Crippen LogP contribution in [0.2, 0.25) is 0 Å². The summed E-state index contributed by atoms with van der Waals surface area (Å²) in [5.41, 5.74) is 2.60. The topological polar surface area (TPSA) is 12.0 Å². The smallest absolute Gasteiger partial charge is 0.0132 e. The average molecular weight is 308 g/mol. The van der Waals surface area contributed by atoms with Gasteiger partial charge in [-0.25, -0.2) is 0 Å². The van der Waals surface area contributed by atoms with Crippen LogP contribution in [0.15, 0.2) is 12.2 Å². The Morgan fingerprint density at radius 1 is 0.955 bits per heavy atom. The van der Waals surface area contributed by atoms with E-state index in [1.54, 1.807) is 0 Å². The van der Waals surface area contributed by atoms with Crippen molar-refractivity contribution in [2.75, 3.05) is 0 Å². The molecule has 0 spiro atoms. The molecule has 130 valence electrons. The summed E-state index contributed by atoms with van der Waals surface area (Å²) in [6.45, 7) is 25.6. The first-order valence-corrected chi connectivity index (χ1v) is 9.10. The van der Waals surface area contributed by atoms with Crippen molar-refractivity contribution < 1.29 is 0 Å². The fourth-order valence-electron chi connectivity index (χ4n) is 4.17. The molecule has 0 atom stereocenters. The van der Waals surface area contributed by atoms with Crippen LogP contribution in [0.3, 0.4) is 0 Å². The summed E-state index contributed by atoms with van der Waals surface area (Å²) < 4.78 is 0. The molecule has 1 saturated heterocycles. The van der Waals surface area contributed by atoms with Crippen LogP contribution in [0.4, 0.5) is 0 Å². The standard InChI is InChI=1S/C21H41N/c1-16(19(5,6)12-11-18(2,3)4)13-17-14-20(7,8)22-21(9,10)15-17/h17,22H,1,11-15H2,2-10H3. The van der Waals surface area contributed by atoms with Gasteiger partial charge in [-0.15, -0.1) is 0 Å². The Kier molecular flexibility index (Phi) is 5.66. The van der Waals surface area contributed by atoms with Gasteiger partial charge >= 0.3 is 0 Å². The number of allylic oxidation sites excluding steroid dienone is 1. The predicted molar refractivity (Wildman–Crippen MR) is 100 cm³/mol. The van der Waals surface area contributed by atoms with Crippen molar-refractivity contribution in [2.45, 2.75) is 105 Å². The molecule has 22 heavy (non-hydrogen) atoms. The van der Waals surface area contributed by atoms with Gasteiger partial charge in [0, 0.05) is 11.1 Å². The van der Waals surface area contributed by atoms with Crippen molar-refractivity contribution in [3.63, 3.8) is 0 Å².